The first-order chi connectivity index (χ1) is 7.02. The molecule has 0 heterocycles. The molecule has 0 aromatic heterocycles. The largest absolute Gasteiger partial charge is 0.507 e. The van der Waals surface area contributed by atoms with E-state index in [0.717, 1.165) is 0 Å². The van der Waals surface area contributed by atoms with Crippen molar-refractivity contribution in [1.82, 2.24) is 0 Å². The highest BCUT2D eigenvalue weighted by atomic mass is 16.3. The van der Waals surface area contributed by atoms with E-state index in [2.05, 4.69) is 0 Å². The van der Waals surface area contributed by atoms with Gasteiger partial charge in [-0.3, -0.25) is 4.79 Å². The number of carbonyl (C=O) groups is 1. The van der Waals surface area contributed by atoms with E-state index in [0.29, 0.717) is 18.3 Å². The first-order valence-electron chi connectivity index (χ1n) is 4.71. The van der Waals surface area contributed by atoms with Crippen LogP contribution in [-0.2, 0) is 0 Å². The normalized spacial score (nSPS) is 12.5. The molecule has 3 N–H and O–H groups in total. The summed E-state index contributed by atoms with van der Waals surface area (Å²) in [6, 6.07) is 1.36. The molecule has 0 amide bonds. The van der Waals surface area contributed by atoms with Crippen LogP contribution in [0, 0.1) is 6.92 Å². The second kappa shape index (κ2) is 4.31. The summed E-state index contributed by atoms with van der Waals surface area (Å²) in [7, 11) is 0. The van der Waals surface area contributed by atoms with E-state index in [1.165, 1.54) is 6.07 Å². The highest BCUT2D eigenvalue weighted by molar-refractivity contribution is 5.83. The molecule has 82 valence electrons. The van der Waals surface area contributed by atoms with Gasteiger partial charge in [0.15, 0.2) is 6.29 Å². The van der Waals surface area contributed by atoms with Gasteiger partial charge in [0.25, 0.3) is 0 Å². The van der Waals surface area contributed by atoms with Gasteiger partial charge in [-0.15, -0.1) is 0 Å². The summed E-state index contributed by atoms with van der Waals surface area (Å²) < 4.78 is 0. The minimum Gasteiger partial charge on any atom is -0.507 e. The van der Waals surface area contributed by atoms with E-state index >= 15 is 0 Å². The molecule has 1 aromatic rings. The Morgan fingerprint density at radius 2 is 2.07 bits per heavy atom. The van der Waals surface area contributed by atoms with Crippen LogP contribution in [0.2, 0.25) is 0 Å². The smallest absolute Gasteiger partial charge is 0.154 e. The lowest BCUT2D eigenvalue weighted by Crippen LogP contribution is -2.00. The topological polar surface area (TPSA) is 77.8 Å². The van der Waals surface area contributed by atoms with Crippen molar-refractivity contribution in [3.05, 3.63) is 22.8 Å². The van der Waals surface area contributed by atoms with Crippen LogP contribution in [0.1, 0.15) is 40.9 Å². The zero-order chi connectivity index (χ0) is 11.6. The third kappa shape index (κ3) is 1.94. The average molecular weight is 210 g/mol. The Morgan fingerprint density at radius 1 is 1.47 bits per heavy atom. The van der Waals surface area contributed by atoms with Gasteiger partial charge in [0, 0.05) is 0 Å². The molecular weight excluding hydrogens is 196 g/mol. The number of phenolic OH excluding ortho intramolecular Hbond substituents is 2. The Kier molecular flexibility index (Phi) is 3.31. The summed E-state index contributed by atoms with van der Waals surface area (Å²) in [5, 5.41) is 28.8. The first kappa shape index (κ1) is 11.5. The zero-order valence-corrected chi connectivity index (χ0v) is 8.69. The molecule has 4 nitrogen and oxygen atoms in total. The molecule has 4 heteroatoms. The van der Waals surface area contributed by atoms with E-state index in [9.17, 15) is 20.1 Å². The van der Waals surface area contributed by atoms with Crippen LogP contribution >= 0.6 is 0 Å². The Bertz CT molecular complexity index is 385. The number of hydrogen-bond acceptors (Lipinski definition) is 4. The van der Waals surface area contributed by atoms with Crippen LogP contribution < -0.4 is 0 Å². The van der Waals surface area contributed by atoms with E-state index < -0.39 is 6.10 Å². The van der Waals surface area contributed by atoms with Crippen LogP contribution in [0.4, 0.5) is 0 Å². The number of aliphatic hydroxyl groups excluding tert-OH is 1. The Labute approximate surface area is 87.8 Å². The number of aromatic hydroxyl groups is 2. The van der Waals surface area contributed by atoms with Crippen molar-refractivity contribution in [2.24, 2.45) is 0 Å². The van der Waals surface area contributed by atoms with Gasteiger partial charge in [-0.05, 0) is 25.0 Å². The molecule has 0 saturated heterocycles. The van der Waals surface area contributed by atoms with Gasteiger partial charge in [0.1, 0.15) is 11.5 Å². The highest BCUT2D eigenvalue weighted by Gasteiger charge is 2.20. The second-order valence-electron chi connectivity index (χ2n) is 3.43. The van der Waals surface area contributed by atoms with Crippen molar-refractivity contribution < 1.29 is 20.1 Å². The van der Waals surface area contributed by atoms with Crippen LogP contribution in [0.25, 0.3) is 0 Å². The molecule has 0 bridgehead atoms. The Balaban J connectivity index is 3.45. The number of aliphatic hydroxyl groups is 1. The maximum atomic E-state index is 10.7. The number of benzene rings is 1. The lowest BCUT2D eigenvalue weighted by atomic mass is 9.98. The minimum atomic E-state index is -0.968. The second-order valence-corrected chi connectivity index (χ2v) is 3.43. The molecule has 0 spiro atoms. The molecule has 0 aliphatic carbocycles. The third-order valence-electron chi connectivity index (χ3n) is 2.40. The van der Waals surface area contributed by atoms with E-state index in [1.54, 1.807) is 13.8 Å². The van der Waals surface area contributed by atoms with Gasteiger partial charge >= 0.3 is 0 Å². The molecule has 1 unspecified atom stereocenters. The van der Waals surface area contributed by atoms with Gasteiger partial charge in [0.05, 0.1) is 17.2 Å². The standard InChI is InChI=1S/C11H14O4/c1-3-8(13)10-9(14)4-6(2)7(5-12)11(10)15/h4-5,8,13-15H,3H2,1-2H3. The van der Waals surface area contributed by atoms with Crippen molar-refractivity contribution in [3.63, 3.8) is 0 Å². The Morgan fingerprint density at radius 3 is 2.53 bits per heavy atom. The van der Waals surface area contributed by atoms with Gasteiger partial charge in [-0.1, -0.05) is 6.92 Å². The zero-order valence-electron chi connectivity index (χ0n) is 8.69. The molecule has 1 aromatic carbocycles. The molecular formula is C11H14O4. The van der Waals surface area contributed by atoms with Gasteiger partial charge in [-0.25, -0.2) is 0 Å². The molecule has 1 atom stereocenters. The van der Waals surface area contributed by atoms with Crippen molar-refractivity contribution in [3.8, 4) is 11.5 Å². The summed E-state index contributed by atoms with van der Waals surface area (Å²) in [4.78, 5) is 10.7. The molecule has 0 aliphatic rings. The predicted molar refractivity (Wildman–Crippen MR) is 55.1 cm³/mol. The van der Waals surface area contributed by atoms with Gasteiger partial charge in [0.2, 0.25) is 0 Å². The number of phenols is 2. The molecule has 0 radical (unpaired) electrons. The van der Waals surface area contributed by atoms with E-state index in [-0.39, 0.29) is 22.6 Å². The average Bonchev–Trinajstić information content (AvgIpc) is 2.17. The summed E-state index contributed by atoms with van der Waals surface area (Å²) in [6.45, 7) is 3.31. The fraction of sp³-hybridized carbons (Fsp3) is 0.364. The molecule has 0 aliphatic heterocycles. The monoisotopic (exact) mass is 210 g/mol. The van der Waals surface area contributed by atoms with Gasteiger partial charge in [-0.2, -0.15) is 0 Å². The number of aryl methyl sites for hydroxylation is 1. The van der Waals surface area contributed by atoms with Crippen molar-refractivity contribution >= 4 is 6.29 Å². The van der Waals surface area contributed by atoms with Crippen LogP contribution in [0.15, 0.2) is 6.07 Å². The SMILES string of the molecule is CCC(O)c1c(O)cc(C)c(C=O)c1O. The van der Waals surface area contributed by atoms with Gasteiger partial charge < -0.3 is 15.3 Å². The lowest BCUT2D eigenvalue weighted by molar-refractivity contribution is 0.111. The van der Waals surface area contributed by atoms with Crippen LogP contribution in [-0.4, -0.2) is 21.6 Å². The van der Waals surface area contributed by atoms with E-state index in [4.69, 9.17) is 0 Å². The quantitative estimate of drug-likeness (QED) is 0.663. The van der Waals surface area contributed by atoms with Crippen molar-refractivity contribution in [2.45, 2.75) is 26.4 Å². The number of aldehydes is 1. The number of rotatable bonds is 3. The summed E-state index contributed by atoms with van der Waals surface area (Å²) >= 11 is 0. The van der Waals surface area contributed by atoms with E-state index in [1.807, 2.05) is 0 Å². The molecule has 0 fully saturated rings. The lowest BCUT2D eigenvalue weighted by Gasteiger charge is -2.15. The fourth-order valence-corrected chi connectivity index (χ4v) is 1.50. The fourth-order valence-electron chi connectivity index (χ4n) is 1.50. The van der Waals surface area contributed by atoms with Crippen LogP contribution in [0.5, 0.6) is 11.5 Å². The van der Waals surface area contributed by atoms with Crippen LogP contribution in [0.3, 0.4) is 0 Å². The number of hydrogen-bond donors (Lipinski definition) is 3. The van der Waals surface area contributed by atoms with Crippen molar-refractivity contribution in [2.75, 3.05) is 0 Å². The number of carbonyl (C=O) groups excluding carboxylic acids is 1. The predicted octanol–water partition coefficient (Wildman–Crippen LogP) is 1.66. The molecule has 15 heavy (non-hydrogen) atoms. The highest BCUT2D eigenvalue weighted by Crippen LogP contribution is 2.37. The summed E-state index contributed by atoms with van der Waals surface area (Å²) in [6.07, 6.45) is -0.109. The maximum Gasteiger partial charge on any atom is 0.154 e. The Hall–Kier alpha value is -1.55. The first-order valence-corrected chi connectivity index (χ1v) is 4.71. The maximum absolute atomic E-state index is 10.7. The molecule has 0 saturated carbocycles. The summed E-state index contributed by atoms with van der Waals surface area (Å²) in [5.41, 5.74) is 0.604. The van der Waals surface area contributed by atoms with Crippen molar-refractivity contribution in [1.29, 1.82) is 0 Å². The summed E-state index contributed by atoms with van der Waals surface area (Å²) in [5.74, 6) is -0.526. The third-order valence-corrected chi connectivity index (χ3v) is 2.40. The molecule has 1 rings (SSSR count). The minimum absolute atomic E-state index is 0.0187.